The van der Waals surface area contributed by atoms with Crippen molar-refractivity contribution in [2.24, 2.45) is 5.92 Å². The number of aromatic nitrogens is 2. The Morgan fingerprint density at radius 2 is 1.82 bits per heavy atom. The third-order valence-corrected chi connectivity index (χ3v) is 5.86. The molecule has 5 heteroatoms. The number of fused-ring (bicyclic) bond motifs is 2. The van der Waals surface area contributed by atoms with Crippen molar-refractivity contribution in [3.8, 4) is 5.75 Å². The van der Waals surface area contributed by atoms with Gasteiger partial charge in [-0.15, -0.1) is 0 Å². The molecular formula is C23H32N4O. The molecule has 0 spiro atoms. The molecule has 5 nitrogen and oxygen atoms in total. The van der Waals surface area contributed by atoms with Crippen LogP contribution in [0.5, 0.6) is 5.75 Å². The van der Waals surface area contributed by atoms with E-state index < -0.39 is 0 Å². The molecule has 0 radical (unpaired) electrons. The van der Waals surface area contributed by atoms with E-state index in [0.29, 0.717) is 17.8 Å². The molecule has 2 N–H and O–H groups in total. The van der Waals surface area contributed by atoms with Crippen LogP contribution in [0.3, 0.4) is 0 Å². The zero-order valence-corrected chi connectivity index (χ0v) is 17.3. The number of aryl methyl sites for hydroxylation is 1. The van der Waals surface area contributed by atoms with E-state index in [0.717, 1.165) is 55.6 Å². The van der Waals surface area contributed by atoms with Gasteiger partial charge in [-0.3, -0.25) is 0 Å². The first kappa shape index (κ1) is 19.0. The van der Waals surface area contributed by atoms with Crippen molar-refractivity contribution in [3.63, 3.8) is 0 Å². The molecule has 2 atom stereocenters. The number of nitrogens with zero attached hydrogens (tertiary/aromatic N) is 2. The number of pyridine rings is 2. The molecule has 150 valence electrons. The summed E-state index contributed by atoms with van der Waals surface area (Å²) >= 11 is 0. The molecule has 28 heavy (non-hydrogen) atoms. The van der Waals surface area contributed by atoms with Gasteiger partial charge in [0.05, 0.1) is 6.61 Å². The highest BCUT2D eigenvalue weighted by atomic mass is 16.5. The van der Waals surface area contributed by atoms with Gasteiger partial charge in [0.2, 0.25) is 0 Å². The summed E-state index contributed by atoms with van der Waals surface area (Å²) in [5.74, 6) is 4.08. The molecule has 0 bridgehead atoms. The van der Waals surface area contributed by atoms with Gasteiger partial charge in [-0.05, 0) is 61.3 Å². The Morgan fingerprint density at radius 1 is 1.00 bits per heavy atom. The molecule has 2 aliphatic rings. The van der Waals surface area contributed by atoms with Gasteiger partial charge in [-0.25, -0.2) is 9.97 Å². The number of anilines is 2. The number of hydrogen-bond acceptors (Lipinski definition) is 5. The third-order valence-electron chi connectivity index (χ3n) is 5.86. The highest BCUT2D eigenvalue weighted by Crippen LogP contribution is 2.31. The van der Waals surface area contributed by atoms with E-state index in [9.17, 15) is 0 Å². The molecule has 0 aromatic carbocycles. The first-order valence-electron chi connectivity index (χ1n) is 10.7. The van der Waals surface area contributed by atoms with Crippen molar-refractivity contribution in [1.82, 2.24) is 9.97 Å². The van der Waals surface area contributed by atoms with Crippen molar-refractivity contribution in [2.75, 3.05) is 30.3 Å². The van der Waals surface area contributed by atoms with Crippen LogP contribution in [-0.4, -0.2) is 29.7 Å². The average Bonchev–Trinajstić information content (AvgIpc) is 3.05. The van der Waals surface area contributed by atoms with Crippen LogP contribution in [0.25, 0.3) is 0 Å². The molecule has 0 saturated heterocycles. The summed E-state index contributed by atoms with van der Waals surface area (Å²) in [6.07, 6.45) is 4.64. The fourth-order valence-electron chi connectivity index (χ4n) is 4.09. The topological polar surface area (TPSA) is 59.1 Å². The Bertz CT molecular complexity index is 820. The minimum absolute atomic E-state index is 0.395. The van der Waals surface area contributed by atoms with Gasteiger partial charge in [0.1, 0.15) is 5.82 Å². The first-order chi connectivity index (χ1) is 13.6. The summed E-state index contributed by atoms with van der Waals surface area (Å²) in [5.41, 5.74) is 3.63. The summed E-state index contributed by atoms with van der Waals surface area (Å²) in [7, 11) is 0. The lowest BCUT2D eigenvalue weighted by atomic mass is 9.93. The van der Waals surface area contributed by atoms with Crippen LogP contribution >= 0.6 is 0 Å². The average molecular weight is 381 g/mol. The maximum Gasteiger partial charge on any atom is 0.169 e. The maximum absolute atomic E-state index is 6.08. The quantitative estimate of drug-likeness (QED) is 0.785. The molecule has 1 unspecified atom stereocenters. The Hall–Kier alpha value is -2.30. The Balaban J connectivity index is 1.41. The minimum Gasteiger partial charge on any atom is -0.489 e. The molecular weight excluding hydrogens is 348 g/mol. The van der Waals surface area contributed by atoms with Crippen molar-refractivity contribution in [2.45, 2.75) is 58.3 Å². The fraction of sp³-hybridized carbons (Fsp3) is 0.565. The fourth-order valence-corrected chi connectivity index (χ4v) is 4.09. The van der Waals surface area contributed by atoms with E-state index in [4.69, 9.17) is 14.7 Å². The van der Waals surface area contributed by atoms with Crippen molar-refractivity contribution < 1.29 is 4.74 Å². The normalized spacial score (nSPS) is 19.9. The lowest BCUT2D eigenvalue weighted by Gasteiger charge is -2.20. The second kappa shape index (κ2) is 8.38. The van der Waals surface area contributed by atoms with Crippen LogP contribution in [0.4, 0.5) is 11.6 Å². The number of hydrogen-bond donors (Lipinski definition) is 2. The van der Waals surface area contributed by atoms with Gasteiger partial charge in [-0.2, -0.15) is 0 Å². The highest BCUT2D eigenvalue weighted by Gasteiger charge is 2.22. The SMILES string of the molecule is CC(C)c1ccc2c(n1)NCC(C[C@@H](C)c1ccc3c(n1)NCCCC3)CO2. The maximum atomic E-state index is 6.08. The van der Waals surface area contributed by atoms with Crippen LogP contribution < -0.4 is 15.4 Å². The molecule has 0 amide bonds. The molecule has 0 saturated carbocycles. The summed E-state index contributed by atoms with van der Waals surface area (Å²) in [6.45, 7) is 9.24. The lowest BCUT2D eigenvalue weighted by molar-refractivity contribution is 0.249. The van der Waals surface area contributed by atoms with E-state index in [2.05, 4.69) is 55.7 Å². The largest absolute Gasteiger partial charge is 0.489 e. The van der Waals surface area contributed by atoms with Crippen LogP contribution in [0.1, 0.15) is 68.8 Å². The van der Waals surface area contributed by atoms with Crippen molar-refractivity contribution in [1.29, 1.82) is 0 Å². The Kier molecular flexibility index (Phi) is 5.69. The van der Waals surface area contributed by atoms with Crippen LogP contribution in [0.15, 0.2) is 24.3 Å². The van der Waals surface area contributed by atoms with Crippen molar-refractivity contribution >= 4 is 11.6 Å². The number of ether oxygens (including phenoxy) is 1. The summed E-state index contributed by atoms with van der Waals surface area (Å²) in [5, 5.41) is 7.02. The molecule has 2 aromatic rings. The monoisotopic (exact) mass is 380 g/mol. The summed E-state index contributed by atoms with van der Waals surface area (Å²) in [4.78, 5) is 9.69. The summed E-state index contributed by atoms with van der Waals surface area (Å²) < 4.78 is 6.08. The zero-order chi connectivity index (χ0) is 19.5. The van der Waals surface area contributed by atoms with Gasteiger partial charge >= 0.3 is 0 Å². The highest BCUT2D eigenvalue weighted by molar-refractivity contribution is 5.51. The molecule has 4 heterocycles. The van der Waals surface area contributed by atoms with Crippen molar-refractivity contribution in [3.05, 3.63) is 41.2 Å². The smallest absolute Gasteiger partial charge is 0.169 e. The third kappa shape index (κ3) is 4.23. The Morgan fingerprint density at radius 3 is 2.68 bits per heavy atom. The van der Waals surface area contributed by atoms with Crippen LogP contribution in [0, 0.1) is 5.92 Å². The van der Waals surface area contributed by atoms with E-state index in [1.807, 2.05) is 0 Å². The lowest BCUT2D eigenvalue weighted by Crippen LogP contribution is -2.20. The number of rotatable bonds is 4. The van der Waals surface area contributed by atoms with E-state index in [1.54, 1.807) is 0 Å². The van der Waals surface area contributed by atoms with E-state index >= 15 is 0 Å². The molecule has 4 rings (SSSR count). The predicted octanol–water partition coefficient (Wildman–Crippen LogP) is 4.96. The first-order valence-corrected chi connectivity index (χ1v) is 10.7. The van der Waals surface area contributed by atoms with Gasteiger partial charge in [-0.1, -0.05) is 26.8 Å². The second-order valence-corrected chi connectivity index (χ2v) is 8.56. The Labute approximate surface area is 168 Å². The van der Waals surface area contributed by atoms with Gasteiger partial charge in [0.25, 0.3) is 0 Å². The minimum atomic E-state index is 0.395. The molecule has 0 fully saturated rings. The zero-order valence-electron chi connectivity index (χ0n) is 17.3. The van der Waals surface area contributed by atoms with Crippen LogP contribution in [-0.2, 0) is 6.42 Å². The van der Waals surface area contributed by atoms with Gasteiger partial charge in [0.15, 0.2) is 11.6 Å². The standard InChI is InChI=1S/C23H32N4O/c1-15(2)19-9-10-21-23(26-19)25-13-17(14-28-21)12-16(3)20-8-7-18-6-4-5-11-24-22(18)27-20/h7-10,15-17H,4-6,11-14H2,1-3H3,(H,24,27)(H,25,26)/t16-,17?/m1/s1. The predicted molar refractivity (Wildman–Crippen MR) is 114 cm³/mol. The number of nitrogens with one attached hydrogen (secondary N) is 2. The van der Waals surface area contributed by atoms with Gasteiger partial charge in [0, 0.05) is 30.4 Å². The van der Waals surface area contributed by atoms with Crippen LogP contribution in [0.2, 0.25) is 0 Å². The van der Waals surface area contributed by atoms with Gasteiger partial charge < -0.3 is 15.4 Å². The summed E-state index contributed by atoms with van der Waals surface area (Å²) in [6, 6.07) is 8.60. The molecule has 2 aliphatic heterocycles. The molecule has 0 aliphatic carbocycles. The molecule has 2 aromatic heterocycles. The van der Waals surface area contributed by atoms with E-state index in [-0.39, 0.29) is 0 Å². The van der Waals surface area contributed by atoms with E-state index in [1.165, 1.54) is 24.1 Å². The second-order valence-electron chi connectivity index (χ2n) is 8.56.